The summed E-state index contributed by atoms with van der Waals surface area (Å²) < 4.78 is 14.6. The molecule has 1 aliphatic rings. The summed E-state index contributed by atoms with van der Waals surface area (Å²) in [4.78, 5) is 14.7. The van der Waals surface area contributed by atoms with Gasteiger partial charge < -0.3 is 9.80 Å². The zero-order chi connectivity index (χ0) is 13.3. The zero-order valence-corrected chi connectivity index (χ0v) is 11.3. The van der Waals surface area contributed by atoms with Crippen LogP contribution in [0.3, 0.4) is 0 Å². The number of likely N-dealkylation sites (N-methyl/N-ethyl adjacent to an activating group) is 1. The maximum atomic E-state index is 13.8. The normalized spacial score (nSPS) is 19.2. The van der Waals surface area contributed by atoms with Crippen molar-refractivity contribution in [3.8, 4) is 6.07 Å². The molecule has 1 fully saturated rings. The van der Waals surface area contributed by atoms with E-state index in [2.05, 4.69) is 15.9 Å². The van der Waals surface area contributed by atoms with E-state index in [-0.39, 0.29) is 24.4 Å². The Balaban J connectivity index is 2.32. The van der Waals surface area contributed by atoms with Crippen LogP contribution in [0.1, 0.15) is 11.6 Å². The van der Waals surface area contributed by atoms with E-state index in [0.717, 1.165) is 4.47 Å². The average molecular weight is 312 g/mol. The number of nitrogens with zero attached hydrogens (tertiary/aromatic N) is 3. The van der Waals surface area contributed by atoms with Crippen molar-refractivity contribution in [3.63, 3.8) is 0 Å². The lowest BCUT2D eigenvalue weighted by molar-refractivity contribution is 0.198. The van der Waals surface area contributed by atoms with Gasteiger partial charge in [-0.1, -0.05) is 15.9 Å². The molecule has 1 aromatic rings. The highest BCUT2D eigenvalue weighted by molar-refractivity contribution is 9.10. The first-order chi connectivity index (χ1) is 8.54. The van der Waals surface area contributed by atoms with Crippen molar-refractivity contribution in [3.05, 3.63) is 34.1 Å². The molecule has 0 N–H and O–H groups in total. The molecule has 2 amide bonds. The second kappa shape index (κ2) is 4.94. The molecule has 0 aromatic heterocycles. The number of benzene rings is 1. The lowest BCUT2D eigenvalue weighted by Gasteiger charge is -2.18. The maximum Gasteiger partial charge on any atom is 0.321 e. The van der Waals surface area contributed by atoms with Gasteiger partial charge in [0.1, 0.15) is 12.4 Å². The van der Waals surface area contributed by atoms with Gasteiger partial charge in [0, 0.05) is 23.6 Å². The predicted molar refractivity (Wildman–Crippen MR) is 67.2 cm³/mol. The molecule has 94 valence electrons. The topological polar surface area (TPSA) is 47.3 Å². The van der Waals surface area contributed by atoms with Crippen LogP contribution in [-0.4, -0.2) is 36.0 Å². The van der Waals surface area contributed by atoms with Gasteiger partial charge in [0.05, 0.1) is 12.1 Å². The Morgan fingerprint density at radius 2 is 2.33 bits per heavy atom. The Kier molecular flexibility index (Phi) is 3.53. The summed E-state index contributed by atoms with van der Waals surface area (Å²) in [6.07, 6.45) is 0. The number of urea groups is 1. The molecule has 2 rings (SSSR count). The first-order valence-corrected chi connectivity index (χ1v) is 6.17. The van der Waals surface area contributed by atoms with Crippen molar-refractivity contribution in [1.29, 1.82) is 5.26 Å². The third-order valence-corrected chi connectivity index (χ3v) is 3.50. The standard InChI is InChI=1S/C12H11BrFN3O/c1-16-11(7-17(5-4-15)12(16)18)9-6-8(13)2-3-10(9)14/h2-3,6,11H,5,7H2,1H3. The second-order valence-electron chi connectivity index (χ2n) is 4.11. The number of halogens is 2. The number of hydrogen-bond acceptors (Lipinski definition) is 2. The minimum atomic E-state index is -0.358. The van der Waals surface area contributed by atoms with Crippen molar-refractivity contribution in [1.82, 2.24) is 9.80 Å². The van der Waals surface area contributed by atoms with Gasteiger partial charge in [-0.05, 0) is 18.2 Å². The molecule has 1 aromatic carbocycles. The molecule has 6 heteroatoms. The minimum absolute atomic E-state index is 0.0231. The Bertz CT molecular complexity index is 529. The van der Waals surface area contributed by atoms with Crippen LogP contribution >= 0.6 is 15.9 Å². The number of nitriles is 1. The van der Waals surface area contributed by atoms with Crippen LogP contribution in [0.4, 0.5) is 9.18 Å². The van der Waals surface area contributed by atoms with Gasteiger partial charge in [0.25, 0.3) is 0 Å². The molecular weight excluding hydrogens is 301 g/mol. The summed E-state index contributed by atoms with van der Waals surface area (Å²) in [5, 5.41) is 8.64. The molecule has 1 atom stereocenters. The Labute approximate surface area is 113 Å². The summed E-state index contributed by atoms with van der Waals surface area (Å²) in [7, 11) is 1.62. The van der Waals surface area contributed by atoms with E-state index in [0.29, 0.717) is 12.1 Å². The van der Waals surface area contributed by atoms with Crippen LogP contribution in [0.15, 0.2) is 22.7 Å². The summed E-state index contributed by atoms with van der Waals surface area (Å²) in [5.74, 6) is -0.346. The van der Waals surface area contributed by atoms with E-state index in [4.69, 9.17) is 5.26 Å². The summed E-state index contributed by atoms with van der Waals surface area (Å²) >= 11 is 3.29. The van der Waals surface area contributed by atoms with Gasteiger partial charge in [-0.3, -0.25) is 0 Å². The Morgan fingerprint density at radius 1 is 1.61 bits per heavy atom. The monoisotopic (exact) mass is 311 g/mol. The number of carbonyl (C=O) groups excluding carboxylic acids is 1. The molecule has 1 aliphatic heterocycles. The van der Waals surface area contributed by atoms with Gasteiger partial charge in [-0.15, -0.1) is 0 Å². The van der Waals surface area contributed by atoms with E-state index < -0.39 is 0 Å². The van der Waals surface area contributed by atoms with Gasteiger partial charge in [-0.25, -0.2) is 9.18 Å². The molecule has 0 bridgehead atoms. The number of carbonyl (C=O) groups is 1. The van der Waals surface area contributed by atoms with E-state index >= 15 is 0 Å². The van der Waals surface area contributed by atoms with Gasteiger partial charge >= 0.3 is 6.03 Å². The molecule has 1 saturated heterocycles. The van der Waals surface area contributed by atoms with Crippen molar-refractivity contribution in [2.45, 2.75) is 6.04 Å². The third-order valence-electron chi connectivity index (χ3n) is 3.01. The van der Waals surface area contributed by atoms with Crippen LogP contribution in [0.25, 0.3) is 0 Å². The number of amides is 2. The first kappa shape index (κ1) is 12.8. The van der Waals surface area contributed by atoms with E-state index in [1.165, 1.54) is 15.9 Å². The van der Waals surface area contributed by atoms with Gasteiger partial charge in [0.15, 0.2) is 0 Å². The highest BCUT2D eigenvalue weighted by Gasteiger charge is 2.36. The highest BCUT2D eigenvalue weighted by atomic mass is 79.9. The van der Waals surface area contributed by atoms with Crippen molar-refractivity contribution >= 4 is 22.0 Å². The number of rotatable bonds is 2. The minimum Gasteiger partial charge on any atom is -0.319 e. The lowest BCUT2D eigenvalue weighted by atomic mass is 10.1. The van der Waals surface area contributed by atoms with Gasteiger partial charge in [-0.2, -0.15) is 5.26 Å². The molecule has 0 saturated carbocycles. The fourth-order valence-electron chi connectivity index (χ4n) is 2.06. The Morgan fingerprint density at radius 3 is 3.00 bits per heavy atom. The van der Waals surface area contributed by atoms with Crippen LogP contribution < -0.4 is 0 Å². The van der Waals surface area contributed by atoms with Crippen molar-refractivity contribution in [2.75, 3.05) is 20.1 Å². The summed E-state index contributed by atoms with van der Waals surface area (Å²) in [6.45, 7) is 0.353. The molecule has 18 heavy (non-hydrogen) atoms. The van der Waals surface area contributed by atoms with Crippen LogP contribution in [0.2, 0.25) is 0 Å². The molecular formula is C12H11BrFN3O. The maximum absolute atomic E-state index is 13.8. The lowest BCUT2D eigenvalue weighted by Crippen LogP contribution is -2.29. The third kappa shape index (κ3) is 2.18. The van der Waals surface area contributed by atoms with Crippen LogP contribution in [0, 0.1) is 17.1 Å². The average Bonchev–Trinajstić information content (AvgIpc) is 2.61. The SMILES string of the molecule is CN1C(=O)N(CC#N)CC1c1cc(Br)ccc1F. The smallest absolute Gasteiger partial charge is 0.319 e. The molecule has 0 radical (unpaired) electrons. The molecule has 4 nitrogen and oxygen atoms in total. The quantitative estimate of drug-likeness (QED) is 0.788. The molecule has 1 heterocycles. The van der Waals surface area contributed by atoms with E-state index in [1.54, 1.807) is 19.2 Å². The van der Waals surface area contributed by atoms with Crippen LogP contribution in [0.5, 0.6) is 0 Å². The highest BCUT2D eigenvalue weighted by Crippen LogP contribution is 2.31. The van der Waals surface area contributed by atoms with Crippen molar-refractivity contribution < 1.29 is 9.18 Å². The second-order valence-corrected chi connectivity index (χ2v) is 5.03. The van der Waals surface area contributed by atoms with E-state index in [9.17, 15) is 9.18 Å². The zero-order valence-electron chi connectivity index (χ0n) is 9.73. The van der Waals surface area contributed by atoms with Crippen LogP contribution in [-0.2, 0) is 0 Å². The largest absolute Gasteiger partial charge is 0.321 e. The van der Waals surface area contributed by atoms with Crippen molar-refractivity contribution in [2.24, 2.45) is 0 Å². The van der Waals surface area contributed by atoms with E-state index in [1.807, 2.05) is 6.07 Å². The fourth-order valence-corrected chi connectivity index (χ4v) is 2.44. The molecule has 1 unspecified atom stereocenters. The molecule has 0 spiro atoms. The fraction of sp³-hybridized carbons (Fsp3) is 0.333. The number of hydrogen-bond donors (Lipinski definition) is 0. The predicted octanol–water partition coefficient (Wildman–Crippen LogP) is 2.52. The summed E-state index contributed by atoms with van der Waals surface area (Å²) in [5.41, 5.74) is 0.459. The van der Waals surface area contributed by atoms with Gasteiger partial charge in [0.2, 0.25) is 0 Å². The first-order valence-electron chi connectivity index (χ1n) is 5.38. The summed E-state index contributed by atoms with van der Waals surface area (Å²) in [6, 6.07) is 5.97. The molecule has 0 aliphatic carbocycles. The Hall–Kier alpha value is -1.61.